The van der Waals surface area contributed by atoms with Gasteiger partial charge in [0.05, 0.1) is 5.69 Å². The second-order valence-electron chi connectivity index (χ2n) is 6.82. The first kappa shape index (κ1) is 16.7. The zero-order valence-electron chi connectivity index (χ0n) is 13.9. The minimum Gasteiger partial charge on any atom is -0.379 e. The van der Waals surface area contributed by atoms with E-state index in [0.29, 0.717) is 24.7 Å². The lowest BCUT2D eigenvalue weighted by Gasteiger charge is -2.40. The topological polar surface area (TPSA) is 61.6 Å². The number of piperidine rings is 1. The Morgan fingerprint density at radius 2 is 2.00 bits per heavy atom. The number of aromatic nitrogens is 2. The van der Waals surface area contributed by atoms with Crippen molar-refractivity contribution in [1.29, 1.82) is 0 Å². The van der Waals surface area contributed by atoms with Gasteiger partial charge in [-0.3, -0.25) is 14.4 Å². The normalized spacial score (nSPS) is 26.0. The van der Waals surface area contributed by atoms with E-state index in [1.807, 2.05) is 18.9 Å². The molecule has 23 heavy (non-hydrogen) atoms. The number of amides is 1. The zero-order chi connectivity index (χ0) is 16.6. The Kier molecular flexibility index (Phi) is 4.67. The van der Waals surface area contributed by atoms with Crippen LogP contribution in [0.4, 0.5) is 0 Å². The number of aryl methyl sites for hydroxylation is 2. The molecule has 0 saturated carbocycles. The van der Waals surface area contributed by atoms with Crippen molar-refractivity contribution in [3.8, 4) is 0 Å². The van der Waals surface area contributed by atoms with E-state index < -0.39 is 5.60 Å². The van der Waals surface area contributed by atoms with Crippen molar-refractivity contribution in [1.82, 2.24) is 19.6 Å². The van der Waals surface area contributed by atoms with Crippen molar-refractivity contribution in [2.45, 2.75) is 44.8 Å². The smallest absolute Gasteiger partial charge is 0.255 e. The number of carbonyl (C=O) groups excluding carboxylic acids is 1. The second kappa shape index (κ2) is 6.42. The second-order valence-corrected chi connectivity index (χ2v) is 7.18. The van der Waals surface area contributed by atoms with Crippen molar-refractivity contribution in [2.75, 3.05) is 26.2 Å². The SMILES string of the molecule is Cc1nn(C)c(Cl)c1CN1CCCC(O)(C(=O)N2CCCC2)C1. The Morgan fingerprint density at radius 3 is 2.61 bits per heavy atom. The third kappa shape index (κ3) is 3.25. The lowest BCUT2D eigenvalue weighted by Crippen LogP contribution is -2.57. The van der Waals surface area contributed by atoms with Gasteiger partial charge in [0.1, 0.15) is 5.15 Å². The molecule has 2 aliphatic heterocycles. The first-order chi connectivity index (χ1) is 10.9. The molecule has 0 aromatic carbocycles. The summed E-state index contributed by atoms with van der Waals surface area (Å²) in [6.45, 7) is 5.33. The summed E-state index contributed by atoms with van der Waals surface area (Å²) in [6.07, 6.45) is 3.43. The fourth-order valence-corrected chi connectivity index (χ4v) is 3.96. The van der Waals surface area contributed by atoms with Crippen molar-refractivity contribution in [3.05, 3.63) is 16.4 Å². The maximum absolute atomic E-state index is 12.7. The molecule has 2 aliphatic rings. The lowest BCUT2D eigenvalue weighted by molar-refractivity contribution is -0.156. The van der Waals surface area contributed by atoms with Crippen LogP contribution in [0.25, 0.3) is 0 Å². The van der Waals surface area contributed by atoms with Crippen LogP contribution in [-0.4, -0.2) is 62.4 Å². The number of hydrogen-bond donors (Lipinski definition) is 1. The Balaban J connectivity index is 1.71. The summed E-state index contributed by atoms with van der Waals surface area (Å²) in [4.78, 5) is 16.6. The van der Waals surface area contributed by atoms with Gasteiger partial charge in [-0.2, -0.15) is 5.10 Å². The quantitative estimate of drug-likeness (QED) is 0.901. The zero-order valence-corrected chi connectivity index (χ0v) is 14.6. The van der Waals surface area contributed by atoms with Gasteiger partial charge in [0, 0.05) is 38.8 Å². The van der Waals surface area contributed by atoms with E-state index in [1.54, 1.807) is 4.68 Å². The molecule has 0 bridgehead atoms. The summed E-state index contributed by atoms with van der Waals surface area (Å²) in [6, 6.07) is 0. The standard InChI is InChI=1S/C16H25ClN4O2/c1-12-13(14(17)19(2)18-12)10-20-7-5-6-16(23,11-20)15(22)21-8-3-4-9-21/h23H,3-11H2,1-2H3. The number of likely N-dealkylation sites (tertiary alicyclic amines) is 2. The predicted octanol–water partition coefficient (Wildman–Crippen LogP) is 1.33. The highest BCUT2D eigenvalue weighted by Crippen LogP contribution is 2.28. The number of hydrogen-bond acceptors (Lipinski definition) is 4. The van der Waals surface area contributed by atoms with E-state index in [1.165, 1.54) is 0 Å². The summed E-state index contributed by atoms with van der Waals surface area (Å²) in [5.74, 6) is -0.103. The van der Waals surface area contributed by atoms with E-state index in [9.17, 15) is 9.90 Å². The Bertz CT molecular complexity index is 597. The van der Waals surface area contributed by atoms with Gasteiger partial charge in [-0.05, 0) is 39.2 Å². The van der Waals surface area contributed by atoms with Crippen LogP contribution >= 0.6 is 11.6 Å². The van der Waals surface area contributed by atoms with Gasteiger partial charge in [-0.15, -0.1) is 0 Å². The highest BCUT2D eigenvalue weighted by atomic mass is 35.5. The molecule has 7 heteroatoms. The van der Waals surface area contributed by atoms with Crippen LogP contribution in [0, 0.1) is 6.92 Å². The lowest BCUT2D eigenvalue weighted by atomic mass is 9.91. The largest absolute Gasteiger partial charge is 0.379 e. The van der Waals surface area contributed by atoms with Gasteiger partial charge in [-0.25, -0.2) is 0 Å². The van der Waals surface area contributed by atoms with Crippen LogP contribution in [0.5, 0.6) is 0 Å². The number of aliphatic hydroxyl groups is 1. The van der Waals surface area contributed by atoms with E-state index in [0.717, 1.165) is 50.2 Å². The minimum absolute atomic E-state index is 0.103. The van der Waals surface area contributed by atoms with Crippen LogP contribution in [0.2, 0.25) is 5.15 Å². The third-order valence-electron chi connectivity index (χ3n) is 4.99. The van der Waals surface area contributed by atoms with Crippen molar-refractivity contribution in [3.63, 3.8) is 0 Å². The molecule has 0 radical (unpaired) electrons. The number of carbonyl (C=O) groups is 1. The molecule has 1 amide bonds. The molecule has 1 aromatic heterocycles. The fourth-order valence-electron chi connectivity index (χ4n) is 3.72. The molecule has 2 fully saturated rings. The molecule has 1 aromatic rings. The Morgan fingerprint density at radius 1 is 1.30 bits per heavy atom. The van der Waals surface area contributed by atoms with E-state index in [-0.39, 0.29) is 5.91 Å². The van der Waals surface area contributed by atoms with Crippen LogP contribution in [0.3, 0.4) is 0 Å². The number of nitrogens with zero attached hydrogens (tertiary/aromatic N) is 4. The summed E-state index contributed by atoms with van der Waals surface area (Å²) in [5.41, 5.74) is 0.620. The highest BCUT2D eigenvalue weighted by molar-refractivity contribution is 6.30. The minimum atomic E-state index is -1.26. The molecule has 1 unspecified atom stereocenters. The molecule has 3 heterocycles. The van der Waals surface area contributed by atoms with Gasteiger partial charge >= 0.3 is 0 Å². The Labute approximate surface area is 142 Å². The highest BCUT2D eigenvalue weighted by Gasteiger charge is 2.43. The van der Waals surface area contributed by atoms with E-state index >= 15 is 0 Å². The average Bonchev–Trinajstić information content (AvgIpc) is 3.12. The maximum Gasteiger partial charge on any atom is 0.255 e. The predicted molar refractivity (Wildman–Crippen MR) is 88.2 cm³/mol. The maximum atomic E-state index is 12.7. The number of halogens is 1. The molecule has 0 aliphatic carbocycles. The van der Waals surface area contributed by atoms with Gasteiger partial charge in [-0.1, -0.05) is 11.6 Å². The molecule has 2 saturated heterocycles. The molecule has 1 N–H and O–H groups in total. The van der Waals surface area contributed by atoms with Crippen molar-refractivity contribution >= 4 is 17.5 Å². The van der Waals surface area contributed by atoms with E-state index in [4.69, 9.17) is 11.6 Å². The summed E-state index contributed by atoms with van der Waals surface area (Å²) >= 11 is 6.31. The summed E-state index contributed by atoms with van der Waals surface area (Å²) in [5, 5.41) is 15.9. The van der Waals surface area contributed by atoms with E-state index in [2.05, 4.69) is 10.00 Å². The van der Waals surface area contributed by atoms with Gasteiger partial charge in [0.15, 0.2) is 5.60 Å². The number of rotatable bonds is 3. The Hall–Kier alpha value is -1.11. The summed E-state index contributed by atoms with van der Waals surface area (Å²) < 4.78 is 1.66. The van der Waals surface area contributed by atoms with Gasteiger partial charge in [0.2, 0.25) is 0 Å². The monoisotopic (exact) mass is 340 g/mol. The molecule has 0 spiro atoms. The molecule has 3 rings (SSSR count). The average molecular weight is 341 g/mol. The first-order valence-corrected chi connectivity index (χ1v) is 8.70. The van der Waals surface area contributed by atoms with Crippen molar-refractivity contribution < 1.29 is 9.90 Å². The molecular weight excluding hydrogens is 316 g/mol. The molecule has 1 atom stereocenters. The van der Waals surface area contributed by atoms with Crippen LogP contribution in [0.1, 0.15) is 36.9 Å². The fraction of sp³-hybridized carbons (Fsp3) is 0.750. The molecule has 128 valence electrons. The van der Waals surface area contributed by atoms with Crippen molar-refractivity contribution in [2.24, 2.45) is 7.05 Å². The van der Waals surface area contributed by atoms with Gasteiger partial charge in [0.25, 0.3) is 5.91 Å². The third-order valence-corrected chi connectivity index (χ3v) is 5.47. The van der Waals surface area contributed by atoms with Crippen LogP contribution in [-0.2, 0) is 18.4 Å². The van der Waals surface area contributed by atoms with Crippen LogP contribution in [0.15, 0.2) is 0 Å². The summed E-state index contributed by atoms with van der Waals surface area (Å²) in [7, 11) is 1.82. The van der Waals surface area contributed by atoms with Gasteiger partial charge < -0.3 is 10.0 Å². The first-order valence-electron chi connectivity index (χ1n) is 8.33. The molecule has 6 nitrogen and oxygen atoms in total. The van der Waals surface area contributed by atoms with Crippen LogP contribution < -0.4 is 0 Å². The molecular formula is C16H25ClN4O2. The number of β-amino-alcohol motifs (C(OH)–C–C–N with tert-alkyl or cyclic N) is 1.